The summed E-state index contributed by atoms with van der Waals surface area (Å²) >= 11 is 0. The Morgan fingerprint density at radius 1 is 0.935 bits per heavy atom. The second kappa shape index (κ2) is 8.88. The molecular weight excluding hydrogens is 380 g/mol. The van der Waals surface area contributed by atoms with E-state index < -0.39 is 0 Å². The van der Waals surface area contributed by atoms with E-state index in [4.69, 9.17) is 4.98 Å². The van der Waals surface area contributed by atoms with Crippen LogP contribution in [0, 0.1) is 5.92 Å². The lowest BCUT2D eigenvalue weighted by Crippen LogP contribution is -2.43. The average molecular weight is 415 g/mol. The van der Waals surface area contributed by atoms with E-state index in [0.29, 0.717) is 0 Å². The Morgan fingerprint density at radius 2 is 1.74 bits per heavy atom. The van der Waals surface area contributed by atoms with Crippen LogP contribution in [0.5, 0.6) is 0 Å². The zero-order chi connectivity index (χ0) is 21.2. The number of pyridine rings is 1. The molecule has 2 saturated heterocycles. The highest BCUT2D eigenvalue weighted by Gasteiger charge is 2.23. The average Bonchev–Trinajstić information content (AvgIpc) is 3.33. The third-order valence-corrected chi connectivity index (χ3v) is 7.11. The maximum atomic E-state index is 5.12. The summed E-state index contributed by atoms with van der Waals surface area (Å²) in [7, 11) is 0. The molecule has 0 spiro atoms. The topological polar surface area (TPSA) is 31.4 Å². The first-order valence-corrected chi connectivity index (χ1v) is 12.0. The number of aromatic nitrogens is 1. The molecule has 0 bridgehead atoms. The van der Waals surface area contributed by atoms with Crippen molar-refractivity contribution in [2.45, 2.75) is 33.1 Å². The predicted molar refractivity (Wildman–Crippen MR) is 132 cm³/mol. The lowest BCUT2D eigenvalue weighted by molar-refractivity contribution is 0.569. The maximum absolute atomic E-state index is 5.12. The van der Waals surface area contributed by atoms with Crippen LogP contribution in [0.2, 0.25) is 0 Å². The maximum Gasteiger partial charge on any atom is 0.0733 e. The van der Waals surface area contributed by atoms with Crippen LogP contribution in [0.3, 0.4) is 0 Å². The van der Waals surface area contributed by atoms with E-state index >= 15 is 0 Å². The van der Waals surface area contributed by atoms with Crippen LogP contribution in [0.4, 0.5) is 11.4 Å². The van der Waals surface area contributed by atoms with Gasteiger partial charge in [0.15, 0.2) is 0 Å². The minimum atomic E-state index is 0.805. The Labute approximate surface area is 186 Å². The van der Waals surface area contributed by atoms with Crippen LogP contribution in [-0.2, 0) is 6.42 Å². The van der Waals surface area contributed by atoms with Gasteiger partial charge in [0, 0.05) is 61.6 Å². The minimum absolute atomic E-state index is 0.805. The van der Waals surface area contributed by atoms with Crippen molar-refractivity contribution < 1.29 is 0 Å². The molecule has 2 fully saturated rings. The molecule has 2 aliphatic rings. The monoisotopic (exact) mass is 414 g/mol. The highest BCUT2D eigenvalue weighted by atomic mass is 15.2. The molecule has 0 amide bonds. The van der Waals surface area contributed by atoms with Gasteiger partial charge in [-0.1, -0.05) is 44.5 Å². The minimum Gasteiger partial charge on any atom is -0.371 e. The molecule has 0 aliphatic carbocycles. The first-order valence-electron chi connectivity index (χ1n) is 12.0. The van der Waals surface area contributed by atoms with E-state index in [1.54, 1.807) is 0 Å². The molecule has 2 aliphatic heterocycles. The van der Waals surface area contributed by atoms with E-state index in [9.17, 15) is 0 Å². The van der Waals surface area contributed by atoms with Gasteiger partial charge in [0.25, 0.3) is 0 Å². The lowest BCUT2D eigenvalue weighted by atomic mass is 10.0. The number of rotatable bonds is 5. The second-order valence-electron chi connectivity index (χ2n) is 9.02. The second-order valence-corrected chi connectivity index (χ2v) is 9.02. The van der Waals surface area contributed by atoms with E-state index in [-0.39, 0.29) is 0 Å². The van der Waals surface area contributed by atoms with Gasteiger partial charge in [-0.2, -0.15) is 0 Å². The van der Waals surface area contributed by atoms with Gasteiger partial charge < -0.3 is 15.1 Å². The summed E-state index contributed by atoms with van der Waals surface area (Å²) in [6, 6.07) is 18.2. The van der Waals surface area contributed by atoms with Gasteiger partial charge in [-0.15, -0.1) is 0 Å². The van der Waals surface area contributed by atoms with Gasteiger partial charge in [-0.3, -0.25) is 0 Å². The van der Waals surface area contributed by atoms with Crippen LogP contribution >= 0.6 is 0 Å². The Morgan fingerprint density at radius 3 is 2.45 bits per heavy atom. The molecule has 0 radical (unpaired) electrons. The van der Waals surface area contributed by atoms with Crippen LogP contribution in [0.25, 0.3) is 22.2 Å². The SMILES string of the molecule is CCc1ccc2c(N3CCC(CC)C3)cc(-c3ccc(N4CCNCC4)cc3)nc2c1. The Kier molecular flexibility index (Phi) is 5.82. The van der Waals surface area contributed by atoms with Crippen LogP contribution < -0.4 is 15.1 Å². The smallest absolute Gasteiger partial charge is 0.0733 e. The van der Waals surface area contributed by atoms with Crippen molar-refractivity contribution in [3.05, 3.63) is 54.1 Å². The number of anilines is 2. The molecule has 3 aromatic rings. The van der Waals surface area contributed by atoms with Crippen LogP contribution in [0.1, 0.15) is 32.3 Å². The number of nitrogens with one attached hydrogen (secondary N) is 1. The molecule has 1 aromatic heterocycles. The number of benzene rings is 2. The van der Waals surface area contributed by atoms with Crippen molar-refractivity contribution >= 4 is 22.3 Å². The number of piperazine rings is 1. The zero-order valence-electron chi connectivity index (χ0n) is 18.9. The molecular formula is C27H34N4. The fourth-order valence-corrected chi connectivity index (χ4v) is 5.04. The molecule has 1 N–H and O–H groups in total. The standard InChI is InChI=1S/C27H34N4/c1-3-20-5-10-24-26(17-20)29-25(18-27(24)31-14-11-21(4-2)19-31)22-6-8-23(9-7-22)30-15-12-28-13-16-30/h5-10,17-18,21,28H,3-4,11-16,19H2,1-2H3. The van der Waals surface area contributed by atoms with Crippen molar-refractivity contribution in [1.82, 2.24) is 10.3 Å². The molecule has 2 aromatic carbocycles. The summed E-state index contributed by atoms with van der Waals surface area (Å²) < 4.78 is 0. The van der Waals surface area contributed by atoms with Crippen molar-refractivity contribution in [3.8, 4) is 11.3 Å². The number of fused-ring (bicyclic) bond motifs is 1. The summed E-state index contributed by atoms with van der Waals surface area (Å²) in [5.41, 5.74) is 7.43. The lowest BCUT2D eigenvalue weighted by Gasteiger charge is -2.29. The van der Waals surface area contributed by atoms with Crippen LogP contribution in [-0.4, -0.2) is 44.3 Å². The third kappa shape index (κ3) is 4.14. The third-order valence-electron chi connectivity index (χ3n) is 7.11. The number of aryl methyl sites for hydroxylation is 1. The normalized spacial score (nSPS) is 19.4. The fourth-order valence-electron chi connectivity index (χ4n) is 5.04. The van der Waals surface area contributed by atoms with Crippen molar-refractivity contribution in [2.24, 2.45) is 5.92 Å². The molecule has 1 unspecified atom stereocenters. The zero-order valence-corrected chi connectivity index (χ0v) is 18.9. The predicted octanol–water partition coefficient (Wildman–Crippen LogP) is 5.11. The van der Waals surface area contributed by atoms with Gasteiger partial charge in [0.05, 0.1) is 11.2 Å². The van der Waals surface area contributed by atoms with E-state index in [0.717, 1.165) is 62.8 Å². The molecule has 31 heavy (non-hydrogen) atoms. The number of hydrogen-bond acceptors (Lipinski definition) is 4. The summed E-state index contributed by atoms with van der Waals surface area (Å²) in [6.45, 7) is 11.1. The molecule has 0 saturated carbocycles. The molecule has 162 valence electrons. The molecule has 4 heteroatoms. The summed E-state index contributed by atoms with van der Waals surface area (Å²) in [6.07, 6.45) is 3.60. The Hall–Kier alpha value is -2.59. The largest absolute Gasteiger partial charge is 0.371 e. The molecule has 3 heterocycles. The van der Waals surface area contributed by atoms with Gasteiger partial charge in [-0.05, 0) is 48.6 Å². The molecule has 1 atom stereocenters. The van der Waals surface area contributed by atoms with Gasteiger partial charge in [-0.25, -0.2) is 4.98 Å². The molecule has 4 nitrogen and oxygen atoms in total. The van der Waals surface area contributed by atoms with E-state index in [2.05, 4.69) is 77.5 Å². The van der Waals surface area contributed by atoms with E-state index in [1.165, 1.54) is 40.7 Å². The van der Waals surface area contributed by atoms with Crippen molar-refractivity contribution in [3.63, 3.8) is 0 Å². The van der Waals surface area contributed by atoms with Gasteiger partial charge in [0.2, 0.25) is 0 Å². The summed E-state index contributed by atoms with van der Waals surface area (Å²) in [5, 5.41) is 4.72. The van der Waals surface area contributed by atoms with E-state index in [1.807, 2.05) is 0 Å². The van der Waals surface area contributed by atoms with Crippen molar-refractivity contribution in [2.75, 3.05) is 49.1 Å². The highest BCUT2D eigenvalue weighted by Crippen LogP contribution is 2.35. The highest BCUT2D eigenvalue weighted by molar-refractivity contribution is 5.95. The molecule has 5 rings (SSSR count). The van der Waals surface area contributed by atoms with Crippen molar-refractivity contribution in [1.29, 1.82) is 0 Å². The first kappa shape index (κ1) is 20.3. The summed E-state index contributed by atoms with van der Waals surface area (Å²) in [5.74, 6) is 0.805. The Balaban J connectivity index is 1.53. The van der Waals surface area contributed by atoms with Gasteiger partial charge >= 0.3 is 0 Å². The number of nitrogens with zero attached hydrogens (tertiary/aromatic N) is 3. The first-order chi connectivity index (χ1) is 15.2. The van der Waals surface area contributed by atoms with Gasteiger partial charge in [0.1, 0.15) is 0 Å². The quantitative estimate of drug-likeness (QED) is 0.629. The number of hydrogen-bond donors (Lipinski definition) is 1. The fraction of sp³-hybridized carbons (Fsp3) is 0.444. The van der Waals surface area contributed by atoms with Crippen LogP contribution in [0.15, 0.2) is 48.5 Å². The Bertz CT molecular complexity index is 1040. The summed E-state index contributed by atoms with van der Waals surface area (Å²) in [4.78, 5) is 10.2.